The highest BCUT2D eigenvalue weighted by Gasteiger charge is 2.50. The fourth-order valence-electron chi connectivity index (χ4n) is 3.27. The van der Waals surface area contributed by atoms with Crippen LogP contribution in [0.4, 0.5) is 17.5 Å². The molecule has 1 saturated heterocycles. The van der Waals surface area contributed by atoms with Crippen LogP contribution < -0.4 is 21.1 Å². The lowest BCUT2D eigenvalue weighted by atomic mass is 10.1. The molecule has 1 aromatic heterocycles. The van der Waals surface area contributed by atoms with Crippen LogP contribution in [0.3, 0.4) is 0 Å². The predicted octanol–water partition coefficient (Wildman–Crippen LogP) is -1.99. The minimum Gasteiger partial charge on any atom is -0.387 e. The molecule has 0 bridgehead atoms. The zero-order valence-corrected chi connectivity index (χ0v) is 18.3. The molecule has 30 heavy (non-hydrogen) atoms. The first-order chi connectivity index (χ1) is 13.8. The van der Waals surface area contributed by atoms with E-state index < -0.39 is 51.2 Å². The van der Waals surface area contributed by atoms with Gasteiger partial charge in [-0.25, -0.2) is 8.88 Å². The lowest BCUT2D eigenvalue weighted by Crippen LogP contribution is -2.46. The molecule has 1 fully saturated rings. The molecule has 7 N–H and O–H groups in total. The second kappa shape index (κ2) is 8.41. The molecule has 15 nitrogen and oxygen atoms in total. The lowest BCUT2D eigenvalue weighted by Gasteiger charge is -2.29. The maximum absolute atomic E-state index is 12.2. The summed E-state index contributed by atoms with van der Waals surface area (Å²) in [5.74, 6) is 0.110. The van der Waals surface area contributed by atoms with Gasteiger partial charge in [-0.1, -0.05) is 0 Å². The number of H-pyrrole nitrogens is 1. The van der Waals surface area contributed by atoms with E-state index in [2.05, 4.69) is 26.1 Å². The molecule has 0 aromatic carbocycles. The maximum Gasteiger partial charge on any atom is 0.476 e. The highest BCUT2D eigenvalue weighted by atomic mass is 32.5. The summed E-state index contributed by atoms with van der Waals surface area (Å²) in [6.07, 6.45) is -4.25. The Balaban J connectivity index is 1.79. The molecule has 0 radical (unpaired) electrons. The average molecular weight is 489 g/mol. The van der Waals surface area contributed by atoms with Gasteiger partial charge in [0.15, 0.2) is 12.0 Å². The van der Waals surface area contributed by atoms with E-state index in [-0.39, 0.29) is 24.1 Å². The molecule has 0 spiro atoms. The zero-order chi connectivity index (χ0) is 22.4. The Bertz CT molecular complexity index is 958. The largest absolute Gasteiger partial charge is 0.476 e. The van der Waals surface area contributed by atoms with Gasteiger partial charge < -0.3 is 49.3 Å². The standard InChI is InChI=1S/C12H21N5O10P2S/c1-16-4-17(9-6(16)10(19)15-12(13)14-9)11-8(24-2)7(18)5(26-11)3-25-29(23,30)27-28(20,21)22/h5,7-8,11,18H,3-4H2,1-2H3,(H,23,30)(H2,20,21,22)(H3,13,14,15,19)/t5-,7-,8-,11-,29?/m1/s1. The van der Waals surface area contributed by atoms with E-state index >= 15 is 0 Å². The second-order valence-electron chi connectivity index (χ2n) is 6.53. The van der Waals surface area contributed by atoms with Crippen LogP contribution in [0, 0.1) is 0 Å². The number of methoxy groups -OCH3 is 1. The second-order valence-corrected chi connectivity index (χ2v) is 10.7. The molecule has 170 valence electrons. The number of anilines is 3. The lowest BCUT2D eigenvalue weighted by molar-refractivity contribution is -0.0194. The molecule has 0 aliphatic carbocycles. The molecule has 1 unspecified atom stereocenters. The first-order valence-corrected chi connectivity index (χ1v) is 12.4. The third-order valence-electron chi connectivity index (χ3n) is 4.42. The number of ether oxygens (including phenoxy) is 2. The Labute approximate surface area is 174 Å². The summed E-state index contributed by atoms with van der Waals surface area (Å²) in [5.41, 5.74) is 5.43. The van der Waals surface area contributed by atoms with Crippen molar-refractivity contribution in [2.24, 2.45) is 0 Å². The molecule has 0 saturated carbocycles. The number of fused-ring (bicyclic) bond motifs is 1. The maximum atomic E-state index is 12.2. The van der Waals surface area contributed by atoms with Crippen molar-refractivity contribution in [1.29, 1.82) is 0 Å². The van der Waals surface area contributed by atoms with Gasteiger partial charge in [-0.2, -0.15) is 4.98 Å². The number of hydrogen-bond donors (Lipinski definition) is 6. The highest BCUT2D eigenvalue weighted by Crippen LogP contribution is 2.58. The van der Waals surface area contributed by atoms with Crippen molar-refractivity contribution >= 4 is 43.8 Å². The van der Waals surface area contributed by atoms with E-state index in [9.17, 15) is 19.4 Å². The van der Waals surface area contributed by atoms with Gasteiger partial charge in [-0.05, 0) is 11.8 Å². The van der Waals surface area contributed by atoms with Crippen LogP contribution in [-0.2, 0) is 34.7 Å². The van der Waals surface area contributed by atoms with Gasteiger partial charge in [-0.3, -0.25) is 9.78 Å². The number of aliphatic hydroxyl groups excluding tert-OH is 1. The number of aromatic amines is 1. The summed E-state index contributed by atoms with van der Waals surface area (Å²) in [7, 11) is -2.10. The summed E-state index contributed by atoms with van der Waals surface area (Å²) in [5, 5.41) is 10.6. The Morgan fingerprint density at radius 1 is 1.43 bits per heavy atom. The third kappa shape index (κ3) is 4.84. The van der Waals surface area contributed by atoms with Gasteiger partial charge >= 0.3 is 14.5 Å². The summed E-state index contributed by atoms with van der Waals surface area (Å²) in [4.78, 5) is 49.2. The number of aliphatic hydroxyl groups is 1. The molecule has 18 heteroatoms. The fourth-order valence-corrected chi connectivity index (χ4v) is 5.83. The molecule has 3 rings (SSSR count). The minimum absolute atomic E-state index is 0.109. The van der Waals surface area contributed by atoms with E-state index in [1.807, 2.05) is 0 Å². The summed E-state index contributed by atoms with van der Waals surface area (Å²) in [6.45, 7) is -4.68. The van der Waals surface area contributed by atoms with Gasteiger partial charge in [0, 0.05) is 14.2 Å². The van der Waals surface area contributed by atoms with Crippen LogP contribution in [0.2, 0.25) is 0 Å². The van der Waals surface area contributed by atoms with Crippen molar-refractivity contribution in [3.63, 3.8) is 0 Å². The van der Waals surface area contributed by atoms with E-state index in [1.54, 1.807) is 16.8 Å². The van der Waals surface area contributed by atoms with Crippen molar-refractivity contribution < 1.29 is 42.7 Å². The summed E-state index contributed by atoms with van der Waals surface area (Å²) >= 11 is 4.54. The number of nitrogens with one attached hydrogen (secondary N) is 1. The number of rotatable bonds is 7. The SMILES string of the molecule is CO[C@@H]1[C@H](O)[C@@H](COP(O)(=S)OP(=O)(O)O)O[C@H]1N1CN(C)c2c1nc(N)[nH]c2=O. The normalized spacial score (nSPS) is 28.6. The number of aromatic nitrogens is 2. The Morgan fingerprint density at radius 2 is 2.10 bits per heavy atom. The van der Waals surface area contributed by atoms with Gasteiger partial charge in [0.2, 0.25) is 5.95 Å². The molecular formula is C12H21N5O10P2S. The number of hydrogen-bond acceptors (Lipinski definition) is 12. The van der Waals surface area contributed by atoms with E-state index in [4.69, 9.17) is 29.5 Å². The molecule has 5 atom stereocenters. The fraction of sp³-hybridized carbons (Fsp3) is 0.667. The minimum atomic E-state index is -5.09. The molecule has 2 aliphatic heterocycles. The number of phosphoric acid groups is 1. The van der Waals surface area contributed by atoms with Gasteiger partial charge in [0.25, 0.3) is 5.56 Å². The van der Waals surface area contributed by atoms with Crippen LogP contribution in [-0.4, -0.2) is 81.7 Å². The number of nitrogen functional groups attached to an aromatic ring is 1. The highest BCUT2D eigenvalue weighted by molar-refractivity contribution is 8.08. The van der Waals surface area contributed by atoms with Gasteiger partial charge in [-0.15, -0.1) is 0 Å². The Kier molecular flexibility index (Phi) is 6.59. The van der Waals surface area contributed by atoms with Crippen molar-refractivity contribution in [3.8, 4) is 0 Å². The molecule has 1 aromatic rings. The smallest absolute Gasteiger partial charge is 0.387 e. The van der Waals surface area contributed by atoms with Crippen LogP contribution in [0.5, 0.6) is 0 Å². The van der Waals surface area contributed by atoms with Gasteiger partial charge in [0.1, 0.15) is 24.0 Å². The average Bonchev–Trinajstić information content (AvgIpc) is 3.07. The van der Waals surface area contributed by atoms with E-state index in [0.29, 0.717) is 0 Å². The Morgan fingerprint density at radius 3 is 2.70 bits per heavy atom. The van der Waals surface area contributed by atoms with Crippen molar-refractivity contribution in [3.05, 3.63) is 10.4 Å². The molecule has 3 heterocycles. The number of nitrogens with zero attached hydrogens (tertiary/aromatic N) is 3. The third-order valence-corrected chi connectivity index (χ3v) is 7.48. The van der Waals surface area contributed by atoms with Crippen molar-refractivity contribution in [2.45, 2.75) is 24.5 Å². The van der Waals surface area contributed by atoms with Crippen LogP contribution in [0.25, 0.3) is 0 Å². The number of nitrogens with two attached hydrogens (primary N) is 1. The Hall–Kier alpha value is -1.16. The summed E-state index contributed by atoms with van der Waals surface area (Å²) < 4.78 is 31.0. The molecule has 2 aliphatic rings. The van der Waals surface area contributed by atoms with Crippen LogP contribution in [0.15, 0.2) is 4.79 Å². The van der Waals surface area contributed by atoms with Gasteiger partial charge in [0.05, 0.1) is 13.3 Å². The van der Waals surface area contributed by atoms with E-state index in [1.165, 1.54) is 7.11 Å². The molecule has 0 amide bonds. The topological polar surface area (TPSA) is 213 Å². The first kappa shape index (κ1) is 23.5. The molecular weight excluding hydrogens is 468 g/mol. The monoisotopic (exact) mass is 489 g/mol. The van der Waals surface area contributed by atoms with Crippen LogP contribution in [0.1, 0.15) is 0 Å². The van der Waals surface area contributed by atoms with E-state index in [0.717, 1.165) is 0 Å². The summed E-state index contributed by atoms with van der Waals surface area (Å²) in [6, 6.07) is 0. The zero-order valence-electron chi connectivity index (χ0n) is 15.7. The first-order valence-electron chi connectivity index (χ1n) is 8.31. The van der Waals surface area contributed by atoms with Crippen molar-refractivity contribution in [1.82, 2.24) is 9.97 Å². The van der Waals surface area contributed by atoms with Crippen molar-refractivity contribution in [2.75, 3.05) is 43.0 Å². The quantitative estimate of drug-likeness (QED) is 0.229. The predicted molar refractivity (Wildman–Crippen MR) is 106 cm³/mol. The van der Waals surface area contributed by atoms with Crippen LogP contribution >= 0.6 is 14.5 Å².